The van der Waals surface area contributed by atoms with E-state index in [1.54, 1.807) is 33.9 Å². The zero-order valence-corrected chi connectivity index (χ0v) is 17.8. The number of benzene rings is 1. The summed E-state index contributed by atoms with van der Waals surface area (Å²) in [5.41, 5.74) is 4.98. The molecule has 31 heavy (non-hydrogen) atoms. The molecule has 0 fully saturated rings. The van der Waals surface area contributed by atoms with Crippen molar-refractivity contribution in [2.75, 3.05) is 21.3 Å². The van der Waals surface area contributed by atoms with E-state index in [9.17, 15) is 0 Å². The van der Waals surface area contributed by atoms with Gasteiger partial charge in [-0.15, -0.1) is 0 Å². The Morgan fingerprint density at radius 1 is 1.06 bits per heavy atom. The van der Waals surface area contributed by atoms with Crippen molar-refractivity contribution in [2.45, 2.75) is 18.9 Å². The summed E-state index contributed by atoms with van der Waals surface area (Å²) in [6.07, 6.45) is 12.8. The van der Waals surface area contributed by atoms with Gasteiger partial charge in [-0.2, -0.15) is 0 Å². The topological polar surface area (TPSA) is 83.3 Å². The SMILES string of the molecule is COc1cc(-c2cnc3ncn(C4=CCC5(C)NC=CC5=C4)c3n2)cc(OC)c1OC. The molecule has 5 rings (SSSR count). The first-order valence-electron chi connectivity index (χ1n) is 9.94. The number of allylic oxidation sites excluding steroid dienone is 2. The van der Waals surface area contributed by atoms with Gasteiger partial charge < -0.3 is 19.5 Å². The number of ether oxygens (including phenoxy) is 3. The second-order valence-electron chi connectivity index (χ2n) is 7.67. The maximum Gasteiger partial charge on any atom is 0.203 e. The van der Waals surface area contributed by atoms with Crippen LogP contribution in [0.4, 0.5) is 0 Å². The maximum atomic E-state index is 5.48. The van der Waals surface area contributed by atoms with Gasteiger partial charge in [-0.3, -0.25) is 4.57 Å². The largest absolute Gasteiger partial charge is 0.493 e. The molecular formula is C23H23N5O3. The summed E-state index contributed by atoms with van der Waals surface area (Å²) in [6, 6.07) is 3.72. The van der Waals surface area contributed by atoms with E-state index in [0.717, 1.165) is 17.7 Å². The van der Waals surface area contributed by atoms with Crippen LogP contribution >= 0.6 is 0 Å². The Labute approximate surface area is 179 Å². The van der Waals surface area contributed by atoms with Crippen LogP contribution in [0.3, 0.4) is 0 Å². The number of rotatable bonds is 5. The van der Waals surface area contributed by atoms with Crippen molar-refractivity contribution in [1.29, 1.82) is 0 Å². The second kappa shape index (κ2) is 7.16. The molecule has 3 aromatic rings. The summed E-state index contributed by atoms with van der Waals surface area (Å²) in [4.78, 5) is 13.8. The molecule has 1 atom stereocenters. The van der Waals surface area contributed by atoms with Crippen molar-refractivity contribution >= 4 is 17.0 Å². The van der Waals surface area contributed by atoms with Crippen LogP contribution < -0.4 is 19.5 Å². The third-order valence-electron chi connectivity index (χ3n) is 5.82. The Kier molecular flexibility index (Phi) is 4.43. The Balaban J connectivity index is 1.60. The fraction of sp³-hybridized carbons (Fsp3) is 0.261. The van der Waals surface area contributed by atoms with Crippen LogP contribution in [-0.4, -0.2) is 46.4 Å². The molecule has 0 saturated carbocycles. The van der Waals surface area contributed by atoms with Crippen molar-refractivity contribution < 1.29 is 14.2 Å². The lowest BCUT2D eigenvalue weighted by Crippen LogP contribution is -2.37. The highest BCUT2D eigenvalue weighted by Gasteiger charge is 2.32. The first kappa shape index (κ1) is 19.2. The first-order valence-corrected chi connectivity index (χ1v) is 9.94. The molecule has 1 aromatic carbocycles. The molecule has 158 valence electrons. The van der Waals surface area contributed by atoms with E-state index in [-0.39, 0.29) is 5.54 Å². The monoisotopic (exact) mass is 417 g/mol. The molecule has 8 nitrogen and oxygen atoms in total. The van der Waals surface area contributed by atoms with Crippen LogP contribution in [0.25, 0.3) is 28.2 Å². The van der Waals surface area contributed by atoms with Gasteiger partial charge in [0, 0.05) is 11.3 Å². The van der Waals surface area contributed by atoms with Crippen LogP contribution in [0, 0.1) is 0 Å². The van der Waals surface area contributed by atoms with Gasteiger partial charge in [0.25, 0.3) is 0 Å². The molecule has 2 aliphatic rings. The van der Waals surface area contributed by atoms with Gasteiger partial charge >= 0.3 is 0 Å². The lowest BCUT2D eigenvalue weighted by atomic mass is 9.86. The van der Waals surface area contributed by atoms with Gasteiger partial charge in [-0.1, -0.05) is 6.08 Å². The summed E-state index contributed by atoms with van der Waals surface area (Å²) >= 11 is 0. The smallest absolute Gasteiger partial charge is 0.203 e. The Morgan fingerprint density at radius 3 is 2.55 bits per heavy atom. The number of aromatic nitrogens is 4. The minimum absolute atomic E-state index is 0.0487. The summed E-state index contributed by atoms with van der Waals surface area (Å²) in [5.74, 6) is 1.66. The highest BCUT2D eigenvalue weighted by molar-refractivity contribution is 5.79. The fourth-order valence-corrected chi connectivity index (χ4v) is 4.01. The van der Waals surface area contributed by atoms with Crippen LogP contribution in [0.2, 0.25) is 0 Å². The van der Waals surface area contributed by atoms with Crippen LogP contribution in [0.15, 0.2) is 54.7 Å². The minimum atomic E-state index is -0.0487. The average Bonchev–Trinajstić information content (AvgIpc) is 3.40. The molecule has 0 bridgehead atoms. The minimum Gasteiger partial charge on any atom is -0.493 e. The molecule has 8 heteroatoms. The molecule has 3 heterocycles. The van der Waals surface area contributed by atoms with Crippen LogP contribution in [0.5, 0.6) is 17.2 Å². The van der Waals surface area contributed by atoms with Gasteiger partial charge in [-0.25, -0.2) is 15.0 Å². The summed E-state index contributed by atoms with van der Waals surface area (Å²) in [7, 11) is 4.76. The summed E-state index contributed by atoms with van der Waals surface area (Å²) < 4.78 is 18.4. The Bertz CT molecular complexity index is 1250. The van der Waals surface area contributed by atoms with E-state index in [4.69, 9.17) is 19.2 Å². The predicted octanol–water partition coefficient (Wildman–Crippen LogP) is 3.57. The zero-order chi connectivity index (χ0) is 21.6. The highest BCUT2D eigenvalue weighted by Crippen LogP contribution is 2.41. The number of imidazole rings is 1. The third kappa shape index (κ3) is 3.02. The lowest BCUT2D eigenvalue weighted by Gasteiger charge is -2.29. The molecule has 0 saturated heterocycles. The van der Waals surface area contributed by atoms with E-state index in [2.05, 4.69) is 40.4 Å². The van der Waals surface area contributed by atoms with Crippen molar-refractivity contribution in [2.24, 2.45) is 0 Å². The molecule has 0 radical (unpaired) electrons. The number of methoxy groups -OCH3 is 3. The molecular weight excluding hydrogens is 394 g/mol. The van der Waals surface area contributed by atoms with E-state index in [0.29, 0.717) is 34.2 Å². The van der Waals surface area contributed by atoms with Gasteiger partial charge in [0.15, 0.2) is 22.8 Å². The molecule has 0 amide bonds. The van der Waals surface area contributed by atoms with Crippen LogP contribution in [0.1, 0.15) is 13.3 Å². The number of nitrogens with one attached hydrogen (secondary N) is 1. The molecule has 1 aliphatic carbocycles. The van der Waals surface area contributed by atoms with Crippen molar-refractivity contribution in [1.82, 2.24) is 24.8 Å². The average molecular weight is 417 g/mol. The Morgan fingerprint density at radius 2 is 1.84 bits per heavy atom. The Hall–Kier alpha value is -3.81. The standard InChI is InChI=1S/C23H23N5O3/c1-23-7-5-16(11-15(23)6-8-26-23)28-13-25-21-22(28)27-17(12-24-21)14-9-18(29-2)20(31-4)19(10-14)30-3/h5-6,8-13,26H,7H2,1-4H3. The number of hydrogen-bond donors (Lipinski definition) is 1. The van der Waals surface area contributed by atoms with E-state index < -0.39 is 0 Å². The van der Waals surface area contributed by atoms with Gasteiger partial charge in [-0.05, 0) is 49.4 Å². The van der Waals surface area contributed by atoms with Crippen LogP contribution in [-0.2, 0) is 0 Å². The molecule has 0 spiro atoms. The quantitative estimate of drug-likeness (QED) is 0.679. The maximum absolute atomic E-state index is 5.48. The molecule has 2 aromatic heterocycles. The molecule has 1 unspecified atom stereocenters. The van der Waals surface area contributed by atoms with Gasteiger partial charge in [0.2, 0.25) is 5.75 Å². The summed E-state index contributed by atoms with van der Waals surface area (Å²) in [5, 5.41) is 3.42. The number of fused-ring (bicyclic) bond motifs is 2. The molecule has 1 aliphatic heterocycles. The highest BCUT2D eigenvalue weighted by atomic mass is 16.5. The predicted molar refractivity (Wildman–Crippen MR) is 118 cm³/mol. The normalized spacial score (nSPS) is 19.5. The third-order valence-corrected chi connectivity index (χ3v) is 5.82. The van der Waals surface area contributed by atoms with E-state index in [1.165, 1.54) is 5.57 Å². The number of hydrogen-bond acceptors (Lipinski definition) is 7. The van der Waals surface area contributed by atoms with Crippen molar-refractivity contribution in [3.05, 3.63) is 54.7 Å². The van der Waals surface area contributed by atoms with E-state index in [1.807, 2.05) is 22.9 Å². The van der Waals surface area contributed by atoms with E-state index >= 15 is 0 Å². The fourth-order valence-electron chi connectivity index (χ4n) is 4.01. The lowest BCUT2D eigenvalue weighted by molar-refractivity contribution is 0.324. The summed E-state index contributed by atoms with van der Waals surface area (Å²) in [6.45, 7) is 2.19. The second-order valence-corrected chi connectivity index (χ2v) is 7.67. The van der Waals surface area contributed by atoms with Crippen molar-refractivity contribution in [3.8, 4) is 28.5 Å². The first-order chi connectivity index (χ1) is 15.1. The van der Waals surface area contributed by atoms with Gasteiger partial charge in [0.05, 0.1) is 38.8 Å². The zero-order valence-electron chi connectivity index (χ0n) is 17.8. The number of nitrogens with zero attached hydrogens (tertiary/aromatic N) is 4. The van der Waals surface area contributed by atoms with Gasteiger partial charge in [0.1, 0.15) is 6.33 Å². The van der Waals surface area contributed by atoms with Crippen molar-refractivity contribution in [3.63, 3.8) is 0 Å². The molecule has 1 N–H and O–H groups in total.